The van der Waals surface area contributed by atoms with Crippen LogP contribution in [0.3, 0.4) is 0 Å². The zero-order valence-corrected chi connectivity index (χ0v) is 18.0. The van der Waals surface area contributed by atoms with Crippen molar-refractivity contribution < 1.29 is 19.2 Å². The van der Waals surface area contributed by atoms with Crippen LogP contribution >= 0.6 is 0 Å². The molecule has 0 radical (unpaired) electrons. The molecule has 156 valence electrons. The van der Waals surface area contributed by atoms with Crippen LogP contribution in [-0.4, -0.2) is 29.8 Å². The maximum atomic E-state index is 12.8. The number of hydrogen-bond acceptors (Lipinski definition) is 4. The number of amides is 1. The predicted octanol–water partition coefficient (Wildman–Crippen LogP) is 4.12. The van der Waals surface area contributed by atoms with Crippen molar-refractivity contribution in [3.8, 4) is 0 Å². The highest BCUT2D eigenvalue weighted by Crippen LogP contribution is 2.19. The fourth-order valence-electron chi connectivity index (χ4n) is 3.32. The van der Waals surface area contributed by atoms with Crippen molar-refractivity contribution in [1.29, 1.82) is 0 Å². The molecule has 0 aliphatic rings. The lowest BCUT2D eigenvalue weighted by Crippen LogP contribution is -2.45. The number of Topliss-reactive ketones (excluding diaryl/α,β-unsaturated/α-hetero) is 2. The molecule has 5 nitrogen and oxygen atoms in total. The summed E-state index contributed by atoms with van der Waals surface area (Å²) in [6, 6.07) is -0.594. The predicted molar refractivity (Wildman–Crippen MR) is 108 cm³/mol. The summed E-state index contributed by atoms with van der Waals surface area (Å²) in [4.78, 5) is 48.3. The lowest BCUT2D eigenvalue weighted by Gasteiger charge is -2.24. The second-order valence-corrected chi connectivity index (χ2v) is 8.63. The van der Waals surface area contributed by atoms with E-state index in [1.807, 2.05) is 27.7 Å². The fourth-order valence-corrected chi connectivity index (χ4v) is 3.32. The maximum Gasteiger partial charge on any atom is 0.224 e. The Balaban J connectivity index is 5.14. The minimum atomic E-state index is -0.594. The summed E-state index contributed by atoms with van der Waals surface area (Å²) >= 11 is 0. The second kappa shape index (κ2) is 13.6. The average Bonchev–Trinajstić information content (AvgIpc) is 2.55. The number of ketones is 2. The van der Waals surface area contributed by atoms with Gasteiger partial charge in [-0.05, 0) is 38.0 Å². The van der Waals surface area contributed by atoms with Crippen molar-refractivity contribution in [3.63, 3.8) is 0 Å². The number of rotatable bonds is 15. The maximum absolute atomic E-state index is 12.8. The second-order valence-electron chi connectivity index (χ2n) is 8.63. The third-order valence-electron chi connectivity index (χ3n) is 4.66. The van der Waals surface area contributed by atoms with E-state index in [-0.39, 0.29) is 48.1 Å². The van der Waals surface area contributed by atoms with E-state index in [0.29, 0.717) is 19.3 Å². The van der Waals surface area contributed by atoms with E-state index in [0.717, 1.165) is 19.1 Å². The van der Waals surface area contributed by atoms with E-state index in [1.54, 1.807) is 0 Å². The van der Waals surface area contributed by atoms with Gasteiger partial charge in [0.05, 0.1) is 6.04 Å². The monoisotopic (exact) mass is 381 g/mol. The van der Waals surface area contributed by atoms with Gasteiger partial charge in [-0.15, -0.1) is 0 Å². The number of carbonyl (C=O) groups is 4. The molecule has 0 spiro atoms. The lowest BCUT2D eigenvalue weighted by atomic mass is 9.89. The molecule has 0 saturated heterocycles. The molecule has 27 heavy (non-hydrogen) atoms. The van der Waals surface area contributed by atoms with Gasteiger partial charge in [0.1, 0.15) is 12.1 Å². The third-order valence-corrected chi connectivity index (χ3v) is 4.66. The molecule has 0 aromatic rings. The summed E-state index contributed by atoms with van der Waals surface area (Å²) in [5.74, 6) is -0.512. The van der Waals surface area contributed by atoms with Crippen LogP contribution in [0.15, 0.2) is 0 Å². The molecule has 1 N–H and O–H groups in total. The summed E-state index contributed by atoms with van der Waals surface area (Å²) in [6.07, 6.45) is 4.97. The zero-order chi connectivity index (χ0) is 21.0. The molecule has 3 atom stereocenters. The first-order chi connectivity index (χ1) is 12.6. The van der Waals surface area contributed by atoms with Gasteiger partial charge in [-0.1, -0.05) is 47.5 Å². The fraction of sp³-hybridized carbons (Fsp3) is 0.818. The van der Waals surface area contributed by atoms with Gasteiger partial charge in [-0.2, -0.15) is 0 Å². The molecule has 0 heterocycles. The summed E-state index contributed by atoms with van der Waals surface area (Å²) in [5.41, 5.74) is 0. The minimum Gasteiger partial charge on any atom is -0.346 e. The number of unbranched alkanes of at least 4 members (excludes halogenated alkanes) is 1. The Morgan fingerprint density at radius 3 is 2.00 bits per heavy atom. The summed E-state index contributed by atoms with van der Waals surface area (Å²) in [5, 5.41) is 2.89. The molecule has 0 aromatic carbocycles. The first-order valence-corrected chi connectivity index (χ1v) is 10.4. The summed E-state index contributed by atoms with van der Waals surface area (Å²) < 4.78 is 0. The Morgan fingerprint density at radius 1 is 0.963 bits per heavy atom. The molecule has 3 unspecified atom stereocenters. The highest BCUT2D eigenvalue weighted by atomic mass is 16.2. The summed E-state index contributed by atoms with van der Waals surface area (Å²) in [7, 11) is 0. The van der Waals surface area contributed by atoms with Gasteiger partial charge in [0.15, 0.2) is 5.78 Å². The smallest absolute Gasteiger partial charge is 0.224 e. The lowest BCUT2D eigenvalue weighted by molar-refractivity contribution is -0.133. The quantitative estimate of drug-likeness (QED) is 0.433. The molecular weight excluding hydrogens is 342 g/mol. The topological polar surface area (TPSA) is 80.3 Å². The number of hydrogen-bond donors (Lipinski definition) is 1. The number of aldehydes is 1. The van der Waals surface area contributed by atoms with Gasteiger partial charge >= 0.3 is 0 Å². The highest BCUT2D eigenvalue weighted by Gasteiger charge is 2.28. The standard InChI is InChI=1S/C22H39NO4/c1-7-8-9-18(14-24)13-21(26)20(11-16(4)5)23-22(27)19(10-15(2)3)12-17(6)25/h14-16,18-20H,7-13H2,1-6H3,(H,23,27). The molecule has 0 fully saturated rings. The van der Waals surface area contributed by atoms with Crippen LogP contribution < -0.4 is 5.32 Å². The average molecular weight is 382 g/mol. The van der Waals surface area contributed by atoms with Gasteiger partial charge < -0.3 is 14.9 Å². The van der Waals surface area contributed by atoms with Crippen LogP contribution in [0.5, 0.6) is 0 Å². The van der Waals surface area contributed by atoms with Crippen LogP contribution in [0.1, 0.15) is 86.5 Å². The SMILES string of the molecule is CCCCC(C=O)CC(=O)C(CC(C)C)NC(=O)C(CC(C)=O)CC(C)C. The minimum absolute atomic E-state index is 0.0249. The largest absolute Gasteiger partial charge is 0.346 e. The van der Waals surface area contributed by atoms with E-state index in [9.17, 15) is 19.2 Å². The van der Waals surface area contributed by atoms with Crippen molar-refractivity contribution in [2.75, 3.05) is 0 Å². The van der Waals surface area contributed by atoms with Crippen molar-refractivity contribution in [2.24, 2.45) is 23.7 Å². The third kappa shape index (κ3) is 11.7. The van der Waals surface area contributed by atoms with E-state index < -0.39 is 12.0 Å². The number of nitrogens with one attached hydrogen (secondary N) is 1. The molecule has 0 aromatic heterocycles. The molecule has 0 aliphatic carbocycles. The van der Waals surface area contributed by atoms with Crippen LogP contribution in [0.4, 0.5) is 0 Å². The van der Waals surface area contributed by atoms with Gasteiger partial charge in [-0.3, -0.25) is 9.59 Å². The Morgan fingerprint density at radius 2 is 1.56 bits per heavy atom. The Hall–Kier alpha value is -1.52. The van der Waals surface area contributed by atoms with Gasteiger partial charge in [0.25, 0.3) is 0 Å². The Labute approximate surface area is 165 Å². The van der Waals surface area contributed by atoms with Crippen LogP contribution in [0, 0.1) is 23.7 Å². The number of carbonyl (C=O) groups excluding carboxylic acids is 4. The van der Waals surface area contributed by atoms with Gasteiger partial charge in [-0.25, -0.2) is 0 Å². The van der Waals surface area contributed by atoms with E-state index in [4.69, 9.17) is 0 Å². The van der Waals surface area contributed by atoms with E-state index in [2.05, 4.69) is 12.2 Å². The summed E-state index contributed by atoms with van der Waals surface area (Å²) in [6.45, 7) is 11.6. The van der Waals surface area contributed by atoms with Crippen molar-refractivity contribution in [2.45, 2.75) is 92.5 Å². The highest BCUT2D eigenvalue weighted by molar-refractivity contribution is 5.92. The van der Waals surface area contributed by atoms with Crippen molar-refractivity contribution in [3.05, 3.63) is 0 Å². The first-order valence-electron chi connectivity index (χ1n) is 10.4. The van der Waals surface area contributed by atoms with Gasteiger partial charge in [0.2, 0.25) is 5.91 Å². The first kappa shape index (κ1) is 25.5. The van der Waals surface area contributed by atoms with Gasteiger partial charge in [0, 0.05) is 24.7 Å². The Kier molecular flexibility index (Phi) is 12.9. The normalized spacial score (nSPS) is 14.7. The van der Waals surface area contributed by atoms with Crippen molar-refractivity contribution in [1.82, 2.24) is 5.32 Å². The molecule has 0 saturated carbocycles. The van der Waals surface area contributed by atoms with Crippen LogP contribution in [0.25, 0.3) is 0 Å². The molecular formula is C22H39NO4. The molecule has 0 rings (SSSR count). The van der Waals surface area contributed by atoms with Crippen molar-refractivity contribution >= 4 is 23.8 Å². The molecule has 1 amide bonds. The van der Waals surface area contributed by atoms with E-state index >= 15 is 0 Å². The van der Waals surface area contributed by atoms with E-state index in [1.165, 1.54) is 6.92 Å². The zero-order valence-electron chi connectivity index (χ0n) is 18.0. The molecule has 0 aliphatic heterocycles. The van der Waals surface area contributed by atoms with Crippen LogP contribution in [0.2, 0.25) is 0 Å². The molecule has 0 bridgehead atoms. The van der Waals surface area contributed by atoms with Crippen LogP contribution in [-0.2, 0) is 19.2 Å². The Bertz CT molecular complexity index is 485. The molecule has 5 heteroatoms.